The maximum absolute atomic E-state index is 11.6. The monoisotopic (exact) mass is 267 g/mol. The molecule has 1 N–H and O–H groups in total. The number of nitrogens with one attached hydrogen (secondary N) is 1. The fourth-order valence-electron chi connectivity index (χ4n) is 1.53. The van der Waals surface area contributed by atoms with Gasteiger partial charge in [-0.25, -0.2) is 0 Å². The van der Waals surface area contributed by atoms with E-state index in [0.717, 1.165) is 0 Å². The normalized spacial score (nSPS) is 11.7. The Hall–Kier alpha value is -1.75. The molecule has 0 aliphatic carbocycles. The molecular formula is C14H21NO4. The molecule has 0 aromatic heterocycles. The molecule has 1 aromatic rings. The minimum Gasteiger partial charge on any atom is -0.490 e. The van der Waals surface area contributed by atoms with Crippen molar-refractivity contribution in [3.05, 3.63) is 24.3 Å². The van der Waals surface area contributed by atoms with Gasteiger partial charge in [-0.15, -0.1) is 0 Å². The number of hydrogen-bond donors (Lipinski definition) is 1. The smallest absolute Gasteiger partial charge is 0.326 e. The molecule has 0 amide bonds. The Morgan fingerprint density at radius 2 is 1.79 bits per heavy atom. The van der Waals surface area contributed by atoms with Gasteiger partial charge in [0.25, 0.3) is 0 Å². The number of para-hydroxylation sites is 2. The number of carbonyl (C=O) groups is 1. The zero-order valence-corrected chi connectivity index (χ0v) is 11.6. The van der Waals surface area contributed by atoms with Crippen LogP contribution in [0.25, 0.3) is 0 Å². The minimum absolute atomic E-state index is 0.194. The Kier molecular flexibility index (Phi) is 6.74. The van der Waals surface area contributed by atoms with E-state index < -0.39 is 6.04 Å². The maximum Gasteiger partial charge on any atom is 0.326 e. The quantitative estimate of drug-likeness (QED) is 0.725. The van der Waals surface area contributed by atoms with Crippen LogP contribution in [-0.4, -0.2) is 38.9 Å². The van der Waals surface area contributed by atoms with E-state index in [1.807, 2.05) is 31.2 Å². The number of carbonyl (C=O) groups excluding carboxylic acids is 1. The van der Waals surface area contributed by atoms with Crippen molar-refractivity contribution in [2.45, 2.75) is 19.9 Å². The first-order valence-electron chi connectivity index (χ1n) is 6.41. The molecule has 0 aliphatic heterocycles. The van der Waals surface area contributed by atoms with Gasteiger partial charge in [0.15, 0.2) is 11.5 Å². The van der Waals surface area contributed by atoms with Gasteiger partial charge < -0.3 is 19.5 Å². The fraction of sp³-hybridized carbons (Fsp3) is 0.500. The summed E-state index contributed by atoms with van der Waals surface area (Å²) in [6.45, 7) is 4.79. The van der Waals surface area contributed by atoms with Crippen molar-refractivity contribution in [1.82, 2.24) is 5.32 Å². The molecule has 1 atom stereocenters. The number of esters is 1. The molecule has 5 nitrogen and oxygen atoms in total. The van der Waals surface area contributed by atoms with Crippen molar-refractivity contribution in [3.63, 3.8) is 0 Å². The van der Waals surface area contributed by atoms with Crippen LogP contribution < -0.4 is 14.8 Å². The predicted octanol–water partition coefficient (Wildman–Crippen LogP) is 1.62. The Morgan fingerprint density at radius 3 is 2.32 bits per heavy atom. The molecule has 19 heavy (non-hydrogen) atoms. The summed E-state index contributed by atoms with van der Waals surface area (Å²) < 4.78 is 16.0. The fourth-order valence-corrected chi connectivity index (χ4v) is 1.53. The third kappa shape index (κ3) is 4.79. The van der Waals surface area contributed by atoms with Crippen LogP contribution in [0, 0.1) is 0 Å². The van der Waals surface area contributed by atoms with Gasteiger partial charge in [0.05, 0.1) is 13.2 Å². The average Bonchev–Trinajstić information content (AvgIpc) is 2.42. The molecule has 0 aliphatic rings. The minimum atomic E-state index is -0.491. The summed E-state index contributed by atoms with van der Waals surface area (Å²) in [6.07, 6.45) is 0. The molecule has 1 aromatic carbocycles. The third-order valence-corrected chi connectivity index (χ3v) is 2.47. The zero-order chi connectivity index (χ0) is 14.1. The van der Waals surface area contributed by atoms with Crippen molar-refractivity contribution in [1.29, 1.82) is 0 Å². The van der Waals surface area contributed by atoms with E-state index >= 15 is 0 Å². The highest BCUT2D eigenvalue weighted by Gasteiger charge is 2.19. The lowest BCUT2D eigenvalue weighted by atomic mass is 10.3. The Morgan fingerprint density at radius 1 is 1.16 bits per heavy atom. The van der Waals surface area contributed by atoms with E-state index in [1.165, 1.54) is 0 Å². The van der Waals surface area contributed by atoms with E-state index in [-0.39, 0.29) is 12.6 Å². The van der Waals surface area contributed by atoms with Gasteiger partial charge in [-0.3, -0.25) is 4.79 Å². The summed E-state index contributed by atoms with van der Waals surface area (Å²) in [6, 6.07) is 6.88. The van der Waals surface area contributed by atoms with Gasteiger partial charge in [0.2, 0.25) is 0 Å². The molecule has 0 radical (unpaired) electrons. The van der Waals surface area contributed by atoms with Crippen molar-refractivity contribution < 1.29 is 19.0 Å². The second-order valence-corrected chi connectivity index (χ2v) is 3.78. The number of likely N-dealkylation sites (N-methyl/N-ethyl adjacent to an activating group) is 1. The highest BCUT2D eigenvalue weighted by atomic mass is 16.5. The summed E-state index contributed by atoms with van der Waals surface area (Å²) in [5.41, 5.74) is 0. The highest BCUT2D eigenvalue weighted by Crippen LogP contribution is 2.26. The molecule has 0 saturated heterocycles. The lowest BCUT2D eigenvalue weighted by Gasteiger charge is -2.17. The Labute approximate surface area is 113 Å². The van der Waals surface area contributed by atoms with Crippen LogP contribution in [0.5, 0.6) is 11.5 Å². The highest BCUT2D eigenvalue weighted by molar-refractivity contribution is 5.75. The summed E-state index contributed by atoms with van der Waals surface area (Å²) in [7, 11) is 1.69. The van der Waals surface area contributed by atoms with Gasteiger partial charge in [0, 0.05) is 0 Å². The van der Waals surface area contributed by atoms with E-state index in [4.69, 9.17) is 14.2 Å². The standard InChI is InChI=1S/C14H21NO4/c1-4-17-12-8-6-7-9-13(12)19-10-11(15-3)14(16)18-5-2/h6-9,11,15H,4-5,10H2,1-3H3. The van der Waals surface area contributed by atoms with E-state index in [2.05, 4.69) is 5.32 Å². The molecule has 0 fully saturated rings. The first kappa shape index (κ1) is 15.3. The summed E-state index contributed by atoms with van der Waals surface area (Å²) in [5, 5.41) is 2.87. The molecule has 1 unspecified atom stereocenters. The molecular weight excluding hydrogens is 246 g/mol. The van der Waals surface area contributed by atoms with Crippen LogP contribution in [0.1, 0.15) is 13.8 Å². The van der Waals surface area contributed by atoms with Crippen LogP contribution in [0.4, 0.5) is 0 Å². The van der Waals surface area contributed by atoms with Gasteiger partial charge in [-0.1, -0.05) is 12.1 Å². The van der Waals surface area contributed by atoms with Crippen LogP contribution in [0.2, 0.25) is 0 Å². The van der Waals surface area contributed by atoms with Crippen LogP contribution in [0.3, 0.4) is 0 Å². The lowest BCUT2D eigenvalue weighted by Crippen LogP contribution is -2.40. The van der Waals surface area contributed by atoms with Crippen molar-refractivity contribution in [2.75, 3.05) is 26.9 Å². The maximum atomic E-state index is 11.6. The van der Waals surface area contributed by atoms with Crippen LogP contribution in [0.15, 0.2) is 24.3 Å². The Bertz CT molecular complexity index is 395. The number of hydrogen-bond acceptors (Lipinski definition) is 5. The largest absolute Gasteiger partial charge is 0.490 e. The molecule has 0 saturated carbocycles. The number of rotatable bonds is 8. The average molecular weight is 267 g/mol. The second kappa shape index (κ2) is 8.37. The third-order valence-electron chi connectivity index (χ3n) is 2.47. The van der Waals surface area contributed by atoms with Crippen molar-refractivity contribution in [3.8, 4) is 11.5 Å². The van der Waals surface area contributed by atoms with Crippen molar-refractivity contribution >= 4 is 5.97 Å². The summed E-state index contributed by atoms with van der Waals surface area (Å²) >= 11 is 0. The van der Waals surface area contributed by atoms with Gasteiger partial charge >= 0.3 is 5.97 Å². The topological polar surface area (TPSA) is 56.8 Å². The predicted molar refractivity (Wildman–Crippen MR) is 72.6 cm³/mol. The van der Waals surface area contributed by atoms with Crippen LogP contribution >= 0.6 is 0 Å². The molecule has 0 bridgehead atoms. The molecule has 5 heteroatoms. The van der Waals surface area contributed by atoms with Crippen LogP contribution in [-0.2, 0) is 9.53 Å². The molecule has 1 rings (SSSR count). The second-order valence-electron chi connectivity index (χ2n) is 3.78. The first-order valence-corrected chi connectivity index (χ1v) is 6.41. The van der Waals surface area contributed by atoms with E-state index in [1.54, 1.807) is 14.0 Å². The summed E-state index contributed by atoms with van der Waals surface area (Å²) in [4.78, 5) is 11.6. The molecule has 0 spiro atoms. The van der Waals surface area contributed by atoms with Gasteiger partial charge in [0.1, 0.15) is 12.6 Å². The number of benzene rings is 1. The first-order chi connectivity index (χ1) is 9.22. The number of ether oxygens (including phenoxy) is 3. The zero-order valence-electron chi connectivity index (χ0n) is 11.6. The SMILES string of the molecule is CCOC(=O)C(COc1ccccc1OCC)NC. The van der Waals surface area contributed by atoms with Gasteiger partial charge in [-0.05, 0) is 33.0 Å². The van der Waals surface area contributed by atoms with E-state index in [9.17, 15) is 4.79 Å². The summed E-state index contributed by atoms with van der Waals surface area (Å²) in [5.74, 6) is 0.969. The Balaban J connectivity index is 2.61. The van der Waals surface area contributed by atoms with Gasteiger partial charge in [-0.2, -0.15) is 0 Å². The van der Waals surface area contributed by atoms with Crippen molar-refractivity contribution in [2.24, 2.45) is 0 Å². The molecule has 0 heterocycles. The van der Waals surface area contributed by atoms with E-state index in [0.29, 0.717) is 24.7 Å². The lowest BCUT2D eigenvalue weighted by molar-refractivity contribution is -0.146. The molecule has 106 valence electrons.